The van der Waals surface area contributed by atoms with Crippen molar-refractivity contribution >= 4 is 44.2 Å². The number of halogens is 1. The van der Waals surface area contributed by atoms with Crippen LogP contribution in [0.5, 0.6) is 0 Å². The molecule has 3 aromatic rings. The van der Waals surface area contributed by atoms with Crippen molar-refractivity contribution in [1.82, 2.24) is 9.88 Å². The van der Waals surface area contributed by atoms with Gasteiger partial charge in [0.1, 0.15) is 0 Å². The Kier molecular flexibility index (Phi) is 4.12. The Morgan fingerprint density at radius 2 is 1.71 bits per heavy atom. The third kappa shape index (κ3) is 2.97. The van der Waals surface area contributed by atoms with E-state index in [2.05, 4.69) is 11.0 Å². The first-order valence-electron chi connectivity index (χ1n) is 7.86. The fraction of sp³-hybridized carbons (Fsp3) is 0.222. The van der Waals surface area contributed by atoms with Gasteiger partial charge in [-0.3, -0.25) is 4.79 Å². The molecule has 1 aromatic heterocycles. The number of aromatic nitrogens is 1. The van der Waals surface area contributed by atoms with E-state index in [4.69, 9.17) is 16.6 Å². The summed E-state index contributed by atoms with van der Waals surface area (Å²) in [7, 11) is 0. The first-order valence-corrected chi connectivity index (χ1v) is 9.05. The number of fused-ring (bicyclic) bond motifs is 1. The topological polar surface area (TPSA) is 36.4 Å². The van der Waals surface area contributed by atoms with Crippen LogP contribution in [0, 0.1) is 0 Å². The SMILES string of the molecule is O=C(c1ccc(Cl)cc1)N1CCN(c2nc3ccccc3s2)CC1. The minimum atomic E-state index is 0.0654. The molecule has 24 heavy (non-hydrogen) atoms. The van der Waals surface area contributed by atoms with Crippen molar-refractivity contribution in [3.63, 3.8) is 0 Å². The summed E-state index contributed by atoms with van der Waals surface area (Å²) in [6, 6.07) is 15.3. The molecule has 2 aromatic carbocycles. The second-order valence-electron chi connectivity index (χ2n) is 5.75. The summed E-state index contributed by atoms with van der Waals surface area (Å²) in [6.45, 7) is 3.02. The number of thiazole rings is 1. The Labute approximate surface area is 149 Å². The van der Waals surface area contributed by atoms with Crippen molar-refractivity contribution in [1.29, 1.82) is 0 Å². The van der Waals surface area contributed by atoms with Gasteiger partial charge in [-0.1, -0.05) is 35.1 Å². The summed E-state index contributed by atoms with van der Waals surface area (Å²) < 4.78 is 1.20. The second kappa shape index (κ2) is 6.42. The average molecular weight is 358 g/mol. The number of hydrogen-bond acceptors (Lipinski definition) is 4. The van der Waals surface area contributed by atoms with Crippen molar-refractivity contribution in [2.24, 2.45) is 0 Å². The van der Waals surface area contributed by atoms with Crippen LogP contribution in [0.15, 0.2) is 48.5 Å². The first-order chi connectivity index (χ1) is 11.7. The summed E-state index contributed by atoms with van der Waals surface area (Å²) in [6.07, 6.45) is 0. The third-order valence-corrected chi connectivity index (χ3v) is 5.56. The van der Waals surface area contributed by atoms with Crippen LogP contribution in [0.4, 0.5) is 5.13 Å². The van der Waals surface area contributed by atoms with Crippen molar-refractivity contribution < 1.29 is 4.79 Å². The lowest BCUT2D eigenvalue weighted by atomic mass is 10.2. The van der Waals surface area contributed by atoms with Crippen molar-refractivity contribution in [3.8, 4) is 0 Å². The lowest BCUT2D eigenvalue weighted by molar-refractivity contribution is 0.0747. The number of rotatable bonds is 2. The van der Waals surface area contributed by atoms with Gasteiger partial charge in [-0.15, -0.1) is 0 Å². The van der Waals surface area contributed by atoms with E-state index < -0.39 is 0 Å². The molecular formula is C18H16ClN3OS. The number of hydrogen-bond donors (Lipinski definition) is 0. The number of carbonyl (C=O) groups is 1. The minimum absolute atomic E-state index is 0.0654. The Morgan fingerprint density at radius 3 is 2.42 bits per heavy atom. The molecule has 1 amide bonds. The number of piperazine rings is 1. The van der Waals surface area contributed by atoms with Crippen LogP contribution < -0.4 is 4.90 Å². The van der Waals surface area contributed by atoms with E-state index in [1.165, 1.54) is 4.70 Å². The van der Waals surface area contributed by atoms with E-state index in [1.807, 2.05) is 23.1 Å². The van der Waals surface area contributed by atoms with E-state index in [9.17, 15) is 4.79 Å². The van der Waals surface area contributed by atoms with Crippen LogP contribution in [0.25, 0.3) is 10.2 Å². The Balaban J connectivity index is 1.44. The number of anilines is 1. The van der Waals surface area contributed by atoms with E-state index >= 15 is 0 Å². The van der Waals surface area contributed by atoms with E-state index in [1.54, 1.807) is 35.6 Å². The van der Waals surface area contributed by atoms with E-state index in [0.717, 1.165) is 23.7 Å². The van der Waals surface area contributed by atoms with Crippen LogP contribution in [0.2, 0.25) is 5.02 Å². The Bertz CT molecular complexity index is 836. The maximum Gasteiger partial charge on any atom is 0.253 e. The Morgan fingerprint density at radius 1 is 1.00 bits per heavy atom. The Hall–Kier alpha value is -2.11. The lowest BCUT2D eigenvalue weighted by Crippen LogP contribution is -2.48. The first kappa shape index (κ1) is 15.4. The van der Waals surface area contributed by atoms with E-state index in [-0.39, 0.29) is 5.91 Å². The second-order valence-corrected chi connectivity index (χ2v) is 7.20. The molecule has 0 spiro atoms. The molecule has 4 nitrogen and oxygen atoms in total. The highest BCUT2D eigenvalue weighted by atomic mass is 35.5. The molecule has 1 saturated heterocycles. The normalized spacial score (nSPS) is 15.0. The summed E-state index contributed by atoms with van der Waals surface area (Å²) in [4.78, 5) is 21.4. The van der Waals surface area contributed by atoms with Gasteiger partial charge in [0, 0.05) is 36.8 Å². The summed E-state index contributed by atoms with van der Waals surface area (Å²) >= 11 is 7.59. The molecule has 0 atom stereocenters. The number of para-hydroxylation sites is 1. The van der Waals surface area contributed by atoms with Crippen molar-refractivity contribution in [2.75, 3.05) is 31.1 Å². The minimum Gasteiger partial charge on any atom is -0.345 e. The van der Waals surface area contributed by atoms with Gasteiger partial charge >= 0.3 is 0 Å². The third-order valence-electron chi connectivity index (χ3n) is 4.21. The fourth-order valence-corrected chi connectivity index (χ4v) is 4.01. The van der Waals surface area contributed by atoms with Crippen molar-refractivity contribution in [2.45, 2.75) is 0 Å². The van der Waals surface area contributed by atoms with Gasteiger partial charge in [-0.05, 0) is 36.4 Å². The zero-order chi connectivity index (χ0) is 16.5. The van der Waals surface area contributed by atoms with Gasteiger partial charge < -0.3 is 9.80 Å². The molecule has 1 aliphatic rings. The highest BCUT2D eigenvalue weighted by Gasteiger charge is 2.23. The molecule has 0 saturated carbocycles. The van der Waals surface area contributed by atoms with Crippen LogP contribution in [-0.2, 0) is 0 Å². The van der Waals surface area contributed by atoms with Gasteiger partial charge in [-0.25, -0.2) is 4.98 Å². The molecule has 0 radical (unpaired) electrons. The smallest absolute Gasteiger partial charge is 0.253 e. The molecule has 0 N–H and O–H groups in total. The van der Waals surface area contributed by atoms with Gasteiger partial charge in [0.15, 0.2) is 5.13 Å². The van der Waals surface area contributed by atoms with E-state index in [0.29, 0.717) is 23.7 Å². The molecule has 4 rings (SSSR count). The van der Waals surface area contributed by atoms with Gasteiger partial charge in [0.25, 0.3) is 5.91 Å². The van der Waals surface area contributed by atoms with Crippen LogP contribution in [0.3, 0.4) is 0 Å². The largest absolute Gasteiger partial charge is 0.345 e. The number of carbonyl (C=O) groups excluding carboxylic acids is 1. The molecule has 1 fully saturated rings. The van der Waals surface area contributed by atoms with Crippen LogP contribution in [-0.4, -0.2) is 42.0 Å². The van der Waals surface area contributed by atoms with Crippen LogP contribution >= 0.6 is 22.9 Å². The molecule has 0 bridgehead atoms. The summed E-state index contributed by atoms with van der Waals surface area (Å²) in [5.74, 6) is 0.0654. The quantitative estimate of drug-likeness (QED) is 0.697. The highest BCUT2D eigenvalue weighted by molar-refractivity contribution is 7.22. The molecule has 2 heterocycles. The van der Waals surface area contributed by atoms with Gasteiger partial charge in [-0.2, -0.15) is 0 Å². The lowest BCUT2D eigenvalue weighted by Gasteiger charge is -2.34. The molecule has 1 aliphatic heterocycles. The summed E-state index contributed by atoms with van der Waals surface area (Å²) in [5.41, 5.74) is 1.73. The molecule has 0 aliphatic carbocycles. The molecular weight excluding hydrogens is 342 g/mol. The fourth-order valence-electron chi connectivity index (χ4n) is 2.87. The summed E-state index contributed by atoms with van der Waals surface area (Å²) in [5, 5.41) is 1.68. The number of amides is 1. The maximum absolute atomic E-state index is 12.5. The maximum atomic E-state index is 12.5. The standard InChI is InChI=1S/C18H16ClN3OS/c19-14-7-5-13(6-8-14)17(23)21-9-11-22(12-10-21)18-20-15-3-1-2-4-16(15)24-18/h1-8H,9-12H2. The predicted molar refractivity (Wildman–Crippen MR) is 99.2 cm³/mol. The van der Waals surface area contributed by atoms with Gasteiger partial charge in [0.05, 0.1) is 10.2 Å². The predicted octanol–water partition coefficient (Wildman–Crippen LogP) is 3.91. The zero-order valence-corrected chi connectivity index (χ0v) is 14.6. The van der Waals surface area contributed by atoms with Gasteiger partial charge in [0.2, 0.25) is 0 Å². The molecule has 122 valence electrons. The number of nitrogens with zero attached hydrogens (tertiary/aromatic N) is 3. The number of benzene rings is 2. The van der Waals surface area contributed by atoms with Crippen LogP contribution in [0.1, 0.15) is 10.4 Å². The monoisotopic (exact) mass is 357 g/mol. The average Bonchev–Trinajstić information content (AvgIpc) is 3.06. The highest BCUT2D eigenvalue weighted by Crippen LogP contribution is 2.29. The zero-order valence-electron chi connectivity index (χ0n) is 13.0. The molecule has 0 unspecified atom stereocenters. The molecule has 6 heteroatoms. The van der Waals surface area contributed by atoms with Crippen molar-refractivity contribution in [3.05, 3.63) is 59.1 Å².